The predicted octanol–water partition coefficient (Wildman–Crippen LogP) is 3.95. The highest BCUT2D eigenvalue weighted by Gasteiger charge is 2.13. The van der Waals surface area contributed by atoms with Gasteiger partial charge in [0.1, 0.15) is 0 Å². The molecule has 1 N–H and O–H groups in total. The molecule has 0 spiro atoms. The van der Waals surface area contributed by atoms with Crippen LogP contribution in [0.4, 0.5) is 0 Å². The molecule has 0 aliphatic rings. The van der Waals surface area contributed by atoms with Crippen LogP contribution >= 0.6 is 11.3 Å². The standard InChI is InChI=1S/C15H18OS/c1-10-7-11(2)13(12(3)8-10)9-14(16)15-5-4-6-17-15/h4-8,14,16H,9H2,1-3H3. The number of aliphatic hydroxyl groups excluding tert-OH is 1. The highest BCUT2D eigenvalue weighted by atomic mass is 32.1. The van der Waals surface area contributed by atoms with E-state index < -0.39 is 0 Å². The smallest absolute Gasteiger partial charge is 0.0922 e. The number of aliphatic hydroxyl groups is 1. The zero-order valence-corrected chi connectivity index (χ0v) is 11.3. The topological polar surface area (TPSA) is 20.2 Å². The van der Waals surface area contributed by atoms with Gasteiger partial charge in [-0.3, -0.25) is 0 Å². The molecule has 2 heteroatoms. The Morgan fingerprint density at radius 2 is 1.82 bits per heavy atom. The van der Waals surface area contributed by atoms with Gasteiger partial charge in [-0.2, -0.15) is 0 Å². The summed E-state index contributed by atoms with van der Waals surface area (Å²) in [5, 5.41) is 12.2. The molecular formula is C15H18OS. The maximum absolute atomic E-state index is 10.2. The van der Waals surface area contributed by atoms with Crippen LogP contribution in [0.25, 0.3) is 0 Å². The Hall–Kier alpha value is -1.12. The number of aryl methyl sites for hydroxylation is 3. The van der Waals surface area contributed by atoms with Crippen molar-refractivity contribution in [1.82, 2.24) is 0 Å². The third kappa shape index (κ3) is 2.76. The first-order chi connectivity index (χ1) is 8.08. The molecule has 1 aromatic carbocycles. The first-order valence-electron chi connectivity index (χ1n) is 5.86. The Bertz CT molecular complexity index is 477. The van der Waals surface area contributed by atoms with Gasteiger partial charge in [0, 0.05) is 11.3 Å². The molecule has 1 atom stereocenters. The number of hydrogen-bond acceptors (Lipinski definition) is 2. The summed E-state index contributed by atoms with van der Waals surface area (Å²) in [6.45, 7) is 6.35. The normalized spacial score (nSPS) is 12.7. The van der Waals surface area contributed by atoms with Gasteiger partial charge in [-0.05, 0) is 48.9 Å². The number of hydrogen-bond donors (Lipinski definition) is 1. The van der Waals surface area contributed by atoms with Crippen molar-refractivity contribution >= 4 is 11.3 Å². The van der Waals surface area contributed by atoms with E-state index in [0.717, 1.165) is 4.88 Å². The molecule has 1 unspecified atom stereocenters. The lowest BCUT2D eigenvalue weighted by molar-refractivity contribution is 0.182. The summed E-state index contributed by atoms with van der Waals surface area (Å²) in [6.07, 6.45) is 0.327. The van der Waals surface area contributed by atoms with Gasteiger partial charge >= 0.3 is 0 Å². The second-order valence-electron chi connectivity index (χ2n) is 4.61. The Labute approximate surface area is 107 Å². The Balaban J connectivity index is 2.25. The number of thiophene rings is 1. The average molecular weight is 246 g/mol. The van der Waals surface area contributed by atoms with Gasteiger partial charge in [-0.15, -0.1) is 11.3 Å². The van der Waals surface area contributed by atoms with Gasteiger partial charge in [0.05, 0.1) is 6.10 Å². The molecule has 1 nitrogen and oxygen atoms in total. The van der Waals surface area contributed by atoms with Crippen molar-refractivity contribution < 1.29 is 5.11 Å². The molecule has 0 aliphatic carbocycles. The lowest BCUT2D eigenvalue weighted by atomic mass is 9.95. The molecule has 90 valence electrons. The third-order valence-corrected chi connectivity index (χ3v) is 4.08. The Kier molecular flexibility index (Phi) is 3.65. The minimum Gasteiger partial charge on any atom is -0.387 e. The molecule has 0 amide bonds. The van der Waals surface area contributed by atoms with E-state index in [9.17, 15) is 5.11 Å². The van der Waals surface area contributed by atoms with Crippen LogP contribution in [0.15, 0.2) is 29.6 Å². The molecule has 17 heavy (non-hydrogen) atoms. The van der Waals surface area contributed by atoms with Gasteiger partial charge in [-0.25, -0.2) is 0 Å². The summed E-state index contributed by atoms with van der Waals surface area (Å²) in [7, 11) is 0. The van der Waals surface area contributed by atoms with Crippen molar-refractivity contribution in [2.45, 2.75) is 33.3 Å². The van der Waals surface area contributed by atoms with Crippen LogP contribution in [0.3, 0.4) is 0 Å². The van der Waals surface area contributed by atoms with Crippen LogP contribution in [0.1, 0.15) is 33.2 Å². The fourth-order valence-corrected chi connectivity index (χ4v) is 3.02. The van der Waals surface area contributed by atoms with Crippen LogP contribution in [-0.4, -0.2) is 5.11 Å². The SMILES string of the molecule is Cc1cc(C)c(CC(O)c2cccs2)c(C)c1. The van der Waals surface area contributed by atoms with Gasteiger partial charge in [0.15, 0.2) is 0 Å². The largest absolute Gasteiger partial charge is 0.387 e. The van der Waals surface area contributed by atoms with Crippen LogP contribution in [0.5, 0.6) is 0 Å². The van der Waals surface area contributed by atoms with Gasteiger partial charge in [0.2, 0.25) is 0 Å². The second kappa shape index (κ2) is 5.03. The highest BCUT2D eigenvalue weighted by molar-refractivity contribution is 7.10. The van der Waals surface area contributed by atoms with Crippen molar-refractivity contribution in [3.63, 3.8) is 0 Å². The van der Waals surface area contributed by atoms with Gasteiger partial charge in [-0.1, -0.05) is 23.8 Å². The maximum atomic E-state index is 10.2. The summed E-state index contributed by atoms with van der Waals surface area (Å²) in [6, 6.07) is 8.35. The zero-order chi connectivity index (χ0) is 12.4. The minimum absolute atomic E-state index is 0.380. The molecule has 1 aromatic heterocycles. The zero-order valence-electron chi connectivity index (χ0n) is 10.5. The second-order valence-corrected chi connectivity index (χ2v) is 5.59. The molecule has 2 rings (SSSR count). The van der Waals surface area contributed by atoms with Crippen molar-refractivity contribution in [2.75, 3.05) is 0 Å². The van der Waals surface area contributed by atoms with E-state index in [0.29, 0.717) is 6.42 Å². The van der Waals surface area contributed by atoms with E-state index >= 15 is 0 Å². The quantitative estimate of drug-likeness (QED) is 0.869. The Morgan fingerprint density at radius 1 is 1.18 bits per heavy atom. The monoisotopic (exact) mass is 246 g/mol. The molecule has 0 aliphatic heterocycles. The summed E-state index contributed by atoms with van der Waals surface area (Å²) >= 11 is 1.62. The first-order valence-corrected chi connectivity index (χ1v) is 6.74. The van der Waals surface area contributed by atoms with Crippen LogP contribution in [-0.2, 0) is 6.42 Å². The fraction of sp³-hybridized carbons (Fsp3) is 0.333. The van der Waals surface area contributed by atoms with Crippen molar-refractivity contribution in [3.05, 3.63) is 56.8 Å². The van der Waals surface area contributed by atoms with E-state index in [1.165, 1.54) is 22.3 Å². The average Bonchev–Trinajstić information content (AvgIpc) is 2.76. The summed E-state index contributed by atoms with van der Waals surface area (Å²) in [5.41, 5.74) is 5.11. The molecule has 0 saturated carbocycles. The molecule has 0 saturated heterocycles. The number of benzene rings is 1. The lowest BCUT2D eigenvalue weighted by Crippen LogP contribution is -2.03. The van der Waals surface area contributed by atoms with Crippen molar-refractivity contribution in [2.24, 2.45) is 0 Å². The molecular weight excluding hydrogens is 228 g/mol. The van der Waals surface area contributed by atoms with Crippen molar-refractivity contribution in [1.29, 1.82) is 0 Å². The number of rotatable bonds is 3. The molecule has 2 aromatic rings. The highest BCUT2D eigenvalue weighted by Crippen LogP contribution is 2.26. The Morgan fingerprint density at radius 3 is 2.35 bits per heavy atom. The van der Waals surface area contributed by atoms with E-state index in [4.69, 9.17) is 0 Å². The predicted molar refractivity (Wildman–Crippen MR) is 73.6 cm³/mol. The first kappa shape index (κ1) is 12.3. The summed E-state index contributed by atoms with van der Waals surface area (Å²) in [4.78, 5) is 1.05. The van der Waals surface area contributed by atoms with E-state index in [1.807, 2.05) is 17.5 Å². The van der Waals surface area contributed by atoms with E-state index in [1.54, 1.807) is 11.3 Å². The summed E-state index contributed by atoms with van der Waals surface area (Å²) < 4.78 is 0. The molecule has 0 bridgehead atoms. The van der Waals surface area contributed by atoms with Crippen LogP contribution < -0.4 is 0 Å². The molecule has 0 fully saturated rings. The minimum atomic E-state index is -0.380. The van der Waals surface area contributed by atoms with Gasteiger partial charge in [0.25, 0.3) is 0 Å². The van der Waals surface area contributed by atoms with Crippen molar-refractivity contribution in [3.8, 4) is 0 Å². The molecule has 0 radical (unpaired) electrons. The van der Waals surface area contributed by atoms with E-state index in [2.05, 4.69) is 32.9 Å². The fourth-order valence-electron chi connectivity index (χ4n) is 2.31. The van der Waals surface area contributed by atoms with Crippen LogP contribution in [0, 0.1) is 20.8 Å². The third-order valence-electron chi connectivity index (χ3n) is 3.11. The summed E-state index contributed by atoms with van der Waals surface area (Å²) in [5.74, 6) is 0. The maximum Gasteiger partial charge on any atom is 0.0922 e. The van der Waals surface area contributed by atoms with Crippen LogP contribution in [0.2, 0.25) is 0 Å². The lowest BCUT2D eigenvalue weighted by Gasteiger charge is -2.14. The molecule has 1 heterocycles. The van der Waals surface area contributed by atoms with Gasteiger partial charge < -0.3 is 5.11 Å². The van der Waals surface area contributed by atoms with E-state index in [-0.39, 0.29) is 6.10 Å².